The lowest BCUT2D eigenvalue weighted by molar-refractivity contribution is 0.413. The maximum Gasteiger partial charge on any atom is 0.149 e. The van der Waals surface area contributed by atoms with E-state index in [1.54, 1.807) is 25.5 Å². The van der Waals surface area contributed by atoms with Crippen LogP contribution >= 0.6 is 0 Å². The monoisotopic (exact) mass is 241 g/mol. The zero-order valence-electron chi connectivity index (χ0n) is 10.2. The van der Waals surface area contributed by atoms with E-state index in [-0.39, 0.29) is 0 Å². The van der Waals surface area contributed by atoms with Gasteiger partial charge in [0.1, 0.15) is 11.5 Å². The zero-order valence-corrected chi connectivity index (χ0v) is 10.2. The zero-order chi connectivity index (χ0) is 12.8. The maximum absolute atomic E-state index is 5.84. The summed E-state index contributed by atoms with van der Waals surface area (Å²) in [4.78, 5) is 0. The van der Waals surface area contributed by atoms with Crippen molar-refractivity contribution >= 4 is 11.8 Å². The lowest BCUT2D eigenvalue weighted by Gasteiger charge is -2.06. The molecule has 0 aromatic heterocycles. The summed E-state index contributed by atoms with van der Waals surface area (Å²) in [5, 5.41) is 0. The minimum Gasteiger partial charge on any atom is -0.497 e. The Balaban J connectivity index is 2.04. The number of anilines is 1. The highest BCUT2D eigenvalue weighted by molar-refractivity contribution is 5.57. The summed E-state index contributed by atoms with van der Waals surface area (Å²) in [6.45, 7) is 0. The van der Waals surface area contributed by atoms with Crippen molar-refractivity contribution in [2.24, 2.45) is 0 Å². The first kappa shape index (κ1) is 12.0. The Bertz CT molecular complexity index is 535. The summed E-state index contributed by atoms with van der Waals surface area (Å²) in [5.74, 6) is 1.33. The van der Waals surface area contributed by atoms with Gasteiger partial charge in [0, 0.05) is 6.07 Å². The van der Waals surface area contributed by atoms with Crippen molar-refractivity contribution in [2.75, 3.05) is 12.8 Å². The van der Waals surface area contributed by atoms with Crippen molar-refractivity contribution < 1.29 is 9.47 Å². The van der Waals surface area contributed by atoms with Gasteiger partial charge in [-0.3, -0.25) is 0 Å². The number of nitrogen functional groups attached to an aromatic ring is 1. The van der Waals surface area contributed by atoms with Gasteiger partial charge in [0.15, 0.2) is 0 Å². The Hall–Kier alpha value is -2.42. The summed E-state index contributed by atoms with van der Waals surface area (Å²) in [5.41, 5.74) is 7.46. The number of benzene rings is 2. The average molecular weight is 241 g/mol. The van der Waals surface area contributed by atoms with Crippen LogP contribution in [0.3, 0.4) is 0 Å². The molecule has 0 atom stereocenters. The number of hydrogen-bond acceptors (Lipinski definition) is 3. The van der Waals surface area contributed by atoms with E-state index in [9.17, 15) is 0 Å². The second kappa shape index (κ2) is 5.77. The predicted molar refractivity (Wildman–Crippen MR) is 73.5 cm³/mol. The Morgan fingerprint density at radius 1 is 1.06 bits per heavy atom. The molecule has 0 spiro atoms. The Kier molecular flexibility index (Phi) is 3.86. The van der Waals surface area contributed by atoms with Crippen molar-refractivity contribution in [3.8, 4) is 11.5 Å². The van der Waals surface area contributed by atoms with Crippen LogP contribution in [0.4, 0.5) is 5.69 Å². The molecule has 2 aromatic carbocycles. The molecular weight excluding hydrogens is 226 g/mol. The molecule has 2 N–H and O–H groups in total. The van der Waals surface area contributed by atoms with Crippen LogP contribution in [-0.4, -0.2) is 7.11 Å². The Morgan fingerprint density at radius 3 is 2.50 bits per heavy atom. The van der Waals surface area contributed by atoms with Crippen molar-refractivity contribution in [1.82, 2.24) is 0 Å². The van der Waals surface area contributed by atoms with Crippen LogP contribution in [0.5, 0.6) is 11.5 Å². The van der Waals surface area contributed by atoms with Gasteiger partial charge in [0.25, 0.3) is 0 Å². The largest absolute Gasteiger partial charge is 0.497 e. The number of rotatable bonds is 4. The molecule has 0 amide bonds. The number of methoxy groups -OCH3 is 1. The third-order valence-corrected chi connectivity index (χ3v) is 2.47. The molecule has 0 saturated heterocycles. The van der Waals surface area contributed by atoms with E-state index >= 15 is 0 Å². The lowest BCUT2D eigenvalue weighted by atomic mass is 10.2. The van der Waals surface area contributed by atoms with E-state index < -0.39 is 0 Å². The van der Waals surface area contributed by atoms with Crippen LogP contribution in [0.2, 0.25) is 0 Å². The summed E-state index contributed by atoms with van der Waals surface area (Å²) in [6.07, 6.45) is 3.50. The highest BCUT2D eigenvalue weighted by Gasteiger charge is 2.00. The highest BCUT2D eigenvalue weighted by atomic mass is 16.5. The van der Waals surface area contributed by atoms with Crippen LogP contribution in [0.15, 0.2) is 54.8 Å². The quantitative estimate of drug-likeness (QED) is 0.659. The van der Waals surface area contributed by atoms with Gasteiger partial charge < -0.3 is 15.2 Å². The summed E-state index contributed by atoms with van der Waals surface area (Å²) < 4.78 is 10.5. The average Bonchev–Trinajstić information content (AvgIpc) is 2.42. The van der Waals surface area contributed by atoms with Gasteiger partial charge in [0.2, 0.25) is 0 Å². The molecule has 2 rings (SSSR count). The van der Waals surface area contributed by atoms with Gasteiger partial charge in [-0.2, -0.15) is 0 Å². The van der Waals surface area contributed by atoms with Gasteiger partial charge >= 0.3 is 0 Å². The van der Waals surface area contributed by atoms with Crippen LogP contribution in [0.1, 0.15) is 5.56 Å². The van der Waals surface area contributed by atoms with Crippen molar-refractivity contribution in [3.05, 3.63) is 60.4 Å². The third-order valence-electron chi connectivity index (χ3n) is 2.47. The van der Waals surface area contributed by atoms with E-state index in [1.165, 1.54) is 0 Å². The first-order valence-electron chi connectivity index (χ1n) is 5.61. The van der Waals surface area contributed by atoms with E-state index in [0.29, 0.717) is 17.2 Å². The van der Waals surface area contributed by atoms with Crippen molar-refractivity contribution in [2.45, 2.75) is 0 Å². The van der Waals surface area contributed by atoms with Crippen LogP contribution < -0.4 is 15.2 Å². The van der Waals surface area contributed by atoms with Crippen LogP contribution in [-0.2, 0) is 0 Å². The molecule has 3 heteroatoms. The normalized spacial score (nSPS) is 10.5. The molecule has 92 valence electrons. The highest BCUT2D eigenvalue weighted by Crippen LogP contribution is 2.26. The summed E-state index contributed by atoms with van der Waals surface area (Å²) in [6, 6.07) is 15.2. The van der Waals surface area contributed by atoms with Crippen molar-refractivity contribution in [1.29, 1.82) is 0 Å². The fourth-order valence-corrected chi connectivity index (χ4v) is 1.51. The second-order valence-corrected chi connectivity index (χ2v) is 3.74. The lowest BCUT2D eigenvalue weighted by Crippen LogP contribution is -1.92. The summed E-state index contributed by atoms with van der Waals surface area (Å²) in [7, 11) is 1.60. The minimum absolute atomic E-state index is 0.548. The van der Waals surface area contributed by atoms with Crippen LogP contribution in [0, 0.1) is 0 Å². The molecule has 0 radical (unpaired) electrons. The fraction of sp³-hybridized carbons (Fsp3) is 0.0667. The molecule has 0 bridgehead atoms. The molecule has 0 aliphatic heterocycles. The van der Waals surface area contributed by atoms with Crippen molar-refractivity contribution in [3.63, 3.8) is 0 Å². The fourth-order valence-electron chi connectivity index (χ4n) is 1.51. The topological polar surface area (TPSA) is 44.5 Å². The van der Waals surface area contributed by atoms with Gasteiger partial charge in [-0.1, -0.05) is 30.3 Å². The predicted octanol–water partition coefficient (Wildman–Crippen LogP) is 3.33. The maximum atomic E-state index is 5.84. The van der Waals surface area contributed by atoms with Gasteiger partial charge in [-0.25, -0.2) is 0 Å². The molecule has 0 saturated carbocycles. The van der Waals surface area contributed by atoms with Gasteiger partial charge in [-0.05, 0) is 23.8 Å². The number of nitrogens with two attached hydrogens (primary N) is 1. The number of hydrogen-bond donors (Lipinski definition) is 1. The molecule has 0 fully saturated rings. The molecule has 3 nitrogen and oxygen atoms in total. The van der Waals surface area contributed by atoms with E-state index in [4.69, 9.17) is 15.2 Å². The Labute approximate surface area is 106 Å². The summed E-state index contributed by atoms with van der Waals surface area (Å²) >= 11 is 0. The second-order valence-electron chi connectivity index (χ2n) is 3.74. The van der Waals surface area contributed by atoms with E-state index in [1.807, 2.05) is 42.5 Å². The molecule has 18 heavy (non-hydrogen) atoms. The first-order valence-corrected chi connectivity index (χ1v) is 5.61. The molecule has 0 unspecified atom stereocenters. The van der Waals surface area contributed by atoms with E-state index in [0.717, 1.165) is 5.56 Å². The first-order chi connectivity index (χ1) is 8.79. The molecule has 0 heterocycles. The van der Waals surface area contributed by atoms with E-state index in [2.05, 4.69) is 0 Å². The minimum atomic E-state index is 0.548. The smallest absolute Gasteiger partial charge is 0.149 e. The van der Waals surface area contributed by atoms with Gasteiger partial charge in [-0.15, -0.1) is 0 Å². The van der Waals surface area contributed by atoms with Gasteiger partial charge in [0.05, 0.1) is 19.1 Å². The standard InChI is InChI=1S/C15H15NO2/c1-17-13-7-8-15(14(16)11-13)18-10-9-12-5-3-2-4-6-12/h2-11H,16H2,1H3. The van der Waals surface area contributed by atoms with Crippen LogP contribution in [0.25, 0.3) is 6.08 Å². The molecular formula is C15H15NO2. The third kappa shape index (κ3) is 3.04. The molecule has 0 aliphatic carbocycles. The number of ether oxygens (including phenoxy) is 2. The SMILES string of the molecule is COc1ccc(OC=Cc2ccccc2)c(N)c1. The Morgan fingerprint density at radius 2 is 1.83 bits per heavy atom. The molecule has 0 aliphatic rings. The molecule has 2 aromatic rings.